The van der Waals surface area contributed by atoms with Gasteiger partial charge in [0.1, 0.15) is 12.4 Å². The molecule has 1 amide bonds. The molecule has 1 aromatic carbocycles. The van der Waals surface area contributed by atoms with E-state index in [-0.39, 0.29) is 0 Å². The minimum Gasteiger partial charge on any atom is -0.487 e. The zero-order valence-electron chi connectivity index (χ0n) is 10.6. The van der Waals surface area contributed by atoms with Crippen LogP contribution in [0.25, 0.3) is 0 Å². The Bertz CT molecular complexity index is 558. The van der Waals surface area contributed by atoms with Gasteiger partial charge in [0.2, 0.25) is 6.41 Å². The normalized spacial score (nSPS) is 9.74. The number of aromatic nitrogens is 1. The molecule has 0 aliphatic rings. The van der Waals surface area contributed by atoms with Crippen LogP contribution in [-0.4, -0.2) is 18.4 Å². The Hall–Kier alpha value is -2.56. The molecule has 0 saturated carbocycles. The molecular weight excluding hydrogens is 242 g/mol. The molecule has 0 unspecified atom stereocenters. The molecule has 2 aromatic rings. The number of ether oxygens (including phenoxy) is 1. The number of nitrogens with one attached hydrogen (secondary N) is 2. The highest BCUT2D eigenvalue weighted by molar-refractivity contribution is 5.71. The minimum absolute atomic E-state index is 0.424. The molecule has 0 aliphatic carbocycles. The van der Waals surface area contributed by atoms with Crippen LogP contribution in [0.5, 0.6) is 5.75 Å². The van der Waals surface area contributed by atoms with E-state index >= 15 is 0 Å². The Morgan fingerprint density at radius 3 is 3.05 bits per heavy atom. The monoisotopic (exact) mass is 257 g/mol. The number of benzene rings is 1. The number of rotatable bonds is 6. The van der Waals surface area contributed by atoms with Gasteiger partial charge in [-0.15, -0.1) is 0 Å². The summed E-state index contributed by atoms with van der Waals surface area (Å²) in [5.74, 6) is 0.742. The lowest BCUT2D eigenvalue weighted by Crippen LogP contribution is -2.00. The van der Waals surface area contributed by atoms with Crippen molar-refractivity contribution in [3.63, 3.8) is 0 Å². The largest absolute Gasteiger partial charge is 0.487 e. The SMILES string of the molecule is CNc1cnccc1OCc1cccc(NC=O)c1. The fourth-order valence-electron chi connectivity index (χ4n) is 1.68. The summed E-state index contributed by atoms with van der Waals surface area (Å²) in [6.45, 7) is 0.424. The van der Waals surface area contributed by atoms with Crippen LogP contribution in [0.2, 0.25) is 0 Å². The van der Waals surface area contributed by atoms with Crippen LogP contribution < -0.4 is 15.4 Å². The van der Waals surface area contributed by atoms with Gasteiger partial charge in [-0.05, 0) is 17.7 Å². The van der Waals surface area contributed by atoms with Crippen molar-refractivity contribution in [1.82, 2.24) is 4.98 Å². The van der Waals surface area contributed by atoms with E-state index in [9.17, 15) is 4.79 Å². The molecule has 0 spiro atoms. The summed E-state index contributed by atoms with van der Waals surface area (Å²) in [6, 6.07) is 9.31. The third kappa shape index (κ3) is 3.45. The Morgan fingerprint density at radius 2 is 2.26 bits per heavy atom. The number of carbonyl (C=O) groups is 1. The number of nitrogens with zero attached hydrogens (tertiary/aromatic N) is 1. The molecular formula is C14H15N3O2. The van der Waals surface area contributed by atoms with E-state index < -0.39 is 0 Å². The van der Waals surface area contributed by atoms with Crippen LogP contribution in [0.1, 0.15) is 5.56 Å². The zero-order chi connectivity index (χ0) is 13.5. The van der Waals surface area contributed by atoms with Crippen molar-refractivity contribution >= 4 is 17.8 Å². The molecule has 19 heavy (non-hydrogen) atoms. The fraction of sp³-hybridized carbons (Fsp3) is 0.143. The molecule has 98 valence electrons. The Kier molecular flexibility index (Phi) is 4.34. The lowest BCUT2D eigenvalue weighted by molar-refractivity contribution is -0.105. The van der Waals surface area contributed by atoms with Gasteiger partial charge in [0.05, 0.1) is 11.9 Å². The van der Waals surface area contributed by atoms with Gasteiger partial charge in [-0.1, -0.05) is 12.1 Å². The highest BCUT2D eigenvalue weighted by atomic mass is 16.5. The maximum Gasteiger partial charge on any atom is 0.211 e. The second-order valence-electron chi connectivity index (χ2n) is 3.87. The molecule has 2 rings (SSSR count). The highest BCUT2D eigenvalue weighted by Gasteiger charge is 2.02. The lowest BCUT2D eigenvalue weighted by Gasteiger charge is -2.11. The van der Waals surface area contributed by atoms with E-state index in [4.69, 9.17) is 4.74 Å². The molecule has 2 N–H and O–H groups in total. The zero-order valence-corrected chi connectivity index (χ0v) is 10.6. The number of amides is 1. The quantitative estimate of drug-likeness (QED) is 0.779. The van der Waals surface area contributed by atoms with E-state index in [1.807, 2.05) is 31.3 Å². The molecule has 0 saturated heterocycles. The van der Waals surface area contributed by atoms with Gasteiger partial charge < -0.3 is 15.4 Å². The van der Waals surface area contributed by atoms with E-state index in [1.54, 1.807) is 18.5 Å². The first-order valence-corrected chi connectivity index (χ1v) is 5.87. The number of anilines is 2. The summed E-state index contributed by atoms with van der Waals surface area (Å²) in [6.07, 6.45) is 4.04. The maximum atomic E-state index is 10.4. The van der Waals surface area contributed by atoms with Crippen molar-refractivity contribution in [3.8, 4) is 5.75 Å². The average Bonchev–Trinajstić information content (AvgIpc) is 2.46. The molecule has 5 nitrogen and oxygen atoms in total. The summed E-state index contributed by atoms with van der Waals surface area (Å²) in [7, 11) is 1.82. The Balaban J connectivity index is 2.05. The van der Waals surface area contributed by atoms with Crippen molar-refractivity contribution in [2.24, 2.45) is 0 Å². The third-order valence-corrected chi connectivity index (χ3v) is 2.60. The molecule has 0 aliphatic heterocycles. The smallest absolute Gasteiger partial charge is 0.211 e. The van der Waals surface area contributed by atoms with Crippen molar-refractivity contribution in [2.45, 2.75) is 6.61 Å². The first kappa shape index (κ1) is 12.9. The van der Waals surface area contributed by atoms with Gasteiger partial charge in [-0.3, -0.25) is 9.78 Å². The molecule has 0 radical (unpaired) electrons. The van der Waals surface area contributed by atoms with Gasteiger partial charge in [-0.25, -0.2) is 0 Å². The Labute approximate surface area is 111 Å². The lowest BCUT2D eigenvalue weighted by atomic mass is 10.2. The summed E-state index contributed by atoms with van der Waals surface area (Å²) in [5.41, 5.74) is 2.56. The summed E-state index contributed by atoms with van der Waals surface area (Å²) in [4.78, 5) is 14.4. The maximum absolute atomic E-state index is 10.4. The molecule has 1 aromatic heterocycles. The number of hydrogen-bond donors (Lipinski definition) is 2. The molecule has 5 heteroatoms. The number of hydrogen-bond acceptors (Lipinski definition) is 4. The Morgan fingerprint density at radius 1 is 1.37 bits per heavy atom. The summed E-state index contributed by atoms with van der Waals surface area (Å²) >= 11 is 0. The predicted molar refractivity (Wildman–Crippen MR) is 74.2 cm³/mol. The highest BCUT2D eigenvalue weighted by Crippen LogP contribution is 2.23. The van der Waals surface area contributed by atoms with Gasteiger partial charge in [0, 0.05) is 25.0 Å². The van der Waals surface area contributed by atoms with Gasteiger partial charge in [0.25, 0.3) is 0 Å². The van der Waals surface area contributed by atoms with Gasteiger partial charge in [-0.2, -0.15) is 0 Å². The van der Waals surface area contributed by atoms with Crippen LogP contribution in [-0.2, 0) is 11.4 Å². The molecule has 0 fully saturated rings. The summed E-state index contributed by atoms with van der Waals surface area (Å²) in [5, 5.41) is 5.63. The van der Waals surface area contributed by atoms with E-state index in [0.717, 1.165) is 22.7 Å². The van der Waals surface area contributed by atoms with Crippen molar-refractivity contribution in [1.29, 1.82) is 0 Å². The second-order valence-corrected chi connectivity index (χ2v) is 3.87. The minimum atomic E-state index is 0.424. The van der Waals surface area contributed by atoms with Crippen LogP contribution in [0.4, 0.5) is 11.4 Å². The van der Waals surface area contributed by atoms with Crippen LogP contribution in [0.3, 0.4) is 0 Å². The number of carbonyl (C=O) groups excluding carboxylic acids is 1. The van der Waals surface area contributed by atoms with Crippen molar-refractivity contribution < 1.29 is 9.53 Å². The molecule has 1 heterocycles. The third-order valence-electron chi connectivity index (χ3n) is 2.60. The van der Waals surface area contributed by atoms with E-state index in [1.165, 1.54) is 0 Å². The van der Waals surface area contributed by atoms with Crippen LogP contribution in [0, 0.1) is 0 Å². The predicted octanol–water partition coefficient (Wildman–Crippen LogP) is 2.27. The van der Waals surface area contributed by atoms with Crippen LogP contribution in [0.15, 0.2) is 42.7 Å². The second kappa shape index (κ2) is 6.39. The first-order valence-electron chi connectivity index (χ1n) is 5.87. The van der Waals surface area contributed by atoms with E-state index in [0.29, 0.717) is 13.0 Å². The van der Waals surface area contributed by atoms with Crippen molar-refractivity contribution in [3.05, 3.63) is 48.3 Å². The van der Waals surface area contributed by atoms with Crippen molar-refractivity contribution in [2.75, 3.05) is 17.7 Å². The molecule has 0 atom stereocenters. The van der Waals surface area contributed by atoms with E-state index in [2.05, 4.69) is 15.6 Å². The number of pyridine rings is 1. The van der Waals surface area contributed by atoms with Crippen LogP contribution >= 0.6 is 0 Å². The van der Waals surface area contributed by atoms with Gasteiger partial charge in [0.15, 0.2) is 0 Å². The standard InChI is InChI=1S/C14H15N3O2/c1-15-13-8-16-6-5-14(13)19-9-11-3-2-4-12(7-11)17-10-18/h2-8,10,15H,9H2,1H3,(H,17,18). The fourth-order valence-corrected chi connectivity index (χ4v) is 1.68. The topological polar surface area (TPSA) is 63.3 Å². The van der Waals surface area contributed by atoms with Gasteiger partial charge >= 0.3 is 0 Å². The summed E-state index contributed by atoms with van der Waals surface area (Å²) < 4.78 is 5.73. The molecule has 0 bridgehead atoms. The average molecular weight is 257 g/mol. The first-order chi connectivity index (χ1) is 9.33.